The molecular weight excluding hydrogens is 294 g/mol. The topological polar surface area (TPSA) is 120 Å². The molecule has 1 aromatic heterocycles. The Bertz CT molecular complexity index is 795. The summed E-state index contributed by atoms with van der Waals surface area (Å²) in [4.78, 5) is 22.1. The van der Waals surface area contributed by atoms with Crippen molar-refractivity contribution in [3.05, 3.63) is 29.5 Å². The SMILES string of the molecule is O=C1CSC(=NN=Cc2cccc3[nH]nc(C(=O)O)c23)N1. The lowest BCUT2D eigenvalue weighted by Gasteiger charge is -1.96. The van der Waals surface area contributed by atoms with Crippen molar-refractivity contribution in [2.75, 3.05) is 5.75 Å². The molecule has 21 heavy (non-hydrogen) atoms. The van der Waals surface area contributed by atoms with E-state index in [-0.39, 0.29) is 11.6 Å². The van der Waals surface area contributed by atoms with Crippen molar-refractivity contribution < 1.29 is 14.7 Å². The fourth-order valence-corrected chi connectivity index (χ4v) is 2.52. The highest BCUT2D eigenvalue weighted by Crippen LogP contribution is 2.19. The molecule has 2 heterocycles. The zero-order chi connectivity index (χ0) is 14.8. The predicted molar refractivity (Wildman–Crippen MR) is 78.7 cm³/mol. The predicted octanol–water partition coefficient (Wildman–Crippen LogP) is 0.814. The van der Waals surface area contributed by atoms with Gasteiger partial charge in [0.15, 0.2) is 10.9 Å². The second-order valence-electron chi connectivity index (χ2n) is 4.13. The molecule has 0 saturated carbocycles. The van der Waals surface area contributed by atoms with Gasteiger partial charge in [0.2, 0.25) is 5.91 Å². The number of carboxylic acid groups (broad SMARTS) is 1. The summed E-state index contributed by atoms with van der Waals surface area (Å²) in [7, 11) is 0. The number of rotatable bonds is 3. The molecule has 0 radical (unpaired) electrons. The van der Waals surface area contributed by atoms with Gasteiger partial charge in [0, 0.05) is 10.9 Å². The molecule has 3 rings (SSSR count). The van der Waals surface area contributed by atoms with Gasteiger partial charge in [-0.3, -0.25) is 9.89 Å². The zero-order valence-corrected chi connectivity index (χ0v) is 11.3. The van der Waals surface area contributed by atoms with E-state index in [1.54, 1.807) is 18.2 Å². The van der Waals surface area contributed by atoms with E-state index in [4.69, 9.17) is 5.11 Å². The van der Waals surface area contributed by atoms with Crippen LogP contribution < -0.4 is 5.32 Å². The van der Waals surface area contributed by atoms with Crippen molar-refractivity contribution in [2.24, 2.45) is 10.2 Å². The first-order valence-corrected chi connectivity index (χ1v) is 6.88. The van der Waals surface area contributed by atoms with Gasteiger partial charge in [-0.05, 0) is 6.07 Å². The molecule has 1 aliphatic rings. The third kappa shape index (κ3) is 2.63. The Kier molecular flexibility index (Phi) is 3.40. The number of nitrogens with zero attached hydrogens (tertiary/aromatic N) is 3. The van der Waals surface area contributed by atoms with Crippen LogP contribution in [0.1, 0.15) is 16.1 Å². The van der Waals surface area contributed by atoms with Crippen LogP contribution in [0.25, 0.3) is 10.9 Å². The molecule has 0 unspecified atom stereocenters. The largest absolute Gasteiger partial charge is 0.476 e. The van der Waals surface area contributed by atoms with E-state index in [0.29, 0.717) is 27.4 Å². The van der Waals surface area contributed by atoms with Gasteiger partial charge in [0.25, 0.3) is 0 Å². The Morgan fingerprint density at radius 3 is 3.05 bits per heavy atom. The first-order valence-electron chi connectivity index (χ1n) is 5.89. The van der Waals surface area contributed by atoms with E-state index in [2.05, 4.69) is 25.7 Å². The summed E-state index contributed by atoms with van der Waals surface area (Å²) in [5.74, 6) is -0.902. The molecule has 1 saturated heterocycles. The van der Waals surface area contributed by atoms with E-state index >= 15 is 0 Å². The molecule has 0 bridgehead atoms. The number of carbonyl (C=O) groups excluding carboxylic acids is 1. The molecular formula is C12H9N5O3S. The maximum Gasteiger partial charge on any atom is 0.357 e. The van der Waals surface area contributed by atoms with E-state index in [0.717, 1.165) is 0 Å². The van der Waals surface area contributed by atoms with E-state index in [1.165, 1.54) is 18.0 Å². The summed E-state index contributed by atoms with van der Waals surface area (Å²) < 4.78 is 0. The summed E-state index contributed by atoms with van der Waals surface area (Å²) in [5.41, 5.74) is 1.12. The molecule has 9 heteroatoms. The Morgan fingerprint density at radius 1 is 1.48 bits per heavy atom. The number of carboxylic acids is 1. The Hall–Kier alpha value is -2.68. The van der Waals surface area contributed by atoms with E-state index < -0.39 is 5.97 Å². The third-order valence-corrected chi connectivity index (χ3v) is 3.62. The highest BCUT2D eigenvalue weighted by molar-refractivity contribution is 8.15. The average molecular weight is 303 g/mol. The van der Waals surface area contributed by atoms with Crippen molar-refractivity contribution >= 4 is 45.9 Å². The number of amides is 1. The fourth-order valence-electron chi connectivity index (χ4n) is 1.88. The molecule has 1 aliphatic heterocycles. The summed E-state index contributed by atoms with van der Waals surface area (Å²) in [6.45, 7) is 0. The Balaban J connectivity index is 1.95. The highest BCUT2D eigenvalue weighted by atomic mass is 32.2. The number of hydrogen-bond donors (Lipinski definition) is 3. The molecule has 1 amide bonds. The lowest BCUT2D eigenvalue weighted by atomic mass is 10.1. The number of hydrogen-bond acceptors (Lipinski definition) is 6. The standard InChI is InChI=1S/C12H9N5O3S/c18-8-5-21-12(14-8)17-13-4-6-2-1-3-7-9(6)10(11(19)20)16-15-7/h1-4H,5H2,(H,15,16)(H,19,20)(H,14,17,18). The number of aromatic amines is 1. The first-order chi connectivity index (χ1) is 10.1. The summed E-state index contributed by atoms with van der Waals surface area (Å²) in [6.07, 6.45) is 1.43. The quantitative estimate of drug-likeness (QED) is 0.572. The van der Waals surface area contributed by atoms with Gasteiger partial charge in [-0.25, -0.2) is 4.79 Å². The van der Waals surface area contributed by atoms with Crippen LogP contribution in [0.15, 0.2) is 28.4 Å². The highest BCUT2D eigenvalue weighted by Gasteiger charge is 2.17. The molecule has 1 fully saturated rings. The van der Waals surface area contributed by atoms with Crippen molar-refractivity contribution in [2.45, 2.75) is 0 Å². The number of benzene rings is 1. The van der Waals surface area contributed by atoms with Gasteiger partial charge in [-0.2, -0.15) is 10.2 Å². The molecule has 8 nitrogen and oxygen atoms in total. The second kappa shape index (κ2) is 5.37. The van der Waals surface area contributed by atoms with Crippen LogP contribution >= 0.6 is 11.8 Å². The Labute approximate surface area is 122 Å². The monoisotopic (exact) mass is 303 g/mol. The van der Waals surface area contributed by atoms with Gasteiger partial charge in [0.05, 0.1) is 17.5 Å². The summed E-state index contributed by atoms with van der Waals surface area (Å²) in [5, 5.41) is 26.7. The molecule has 2 aromatic rings. The molecule has 1 aromatic carbocycles. The number of carbonyl (C=O) groups is 2. The number of amidine groups is 1. The van der Waals surface area contributed by atoms with Crippen molar-refractivity contribution in [3.63, 3.8) is 0 Å². The minimum Gasteiger partial charge on any atom is -0.476 e. The van der Waals surface area contributed by atoms with Crippen LogP contribution in [-0.2, 0) is 4.79 Å². The van der Waals surface area contributed by atoms with Crippen LogP contribution in [0.4, 0.5) is 0 Å². The summed E-state index contributed by atoms with van der Waals surface area (Å²) in [6, 6.07) is 5.20. The number of H-pyrrole nitrogens is 1. The average Bonchev–Trinajstić information content (AvgIpc) is 3.05. The van der Waals surface area contributed by atoms with Crippen molar-refractivity contribution in [1.82, 2.24) is 15.5 Å². The van der Waals surface area contributed by atoms with Gasteiger partial charge >= 0.3 is 5.97 Å². The van der Waals surface area contributed by atoms with Crippen LogP contribution in [0, 0.1) is 0 Å². The number of nitrogens with one attached hydrogen (secondary N) is 2. The fraction of sp³-hybridized carbons (Fsp3) is 0.0833. The molecule has 0 atom stereocenters. The number of aromatic nitrogens is 2. The minimum absolute atomic E-state index is 0.0664. The van der Waals surface area contributed by atoms with E-state index in [9.17, 15) is 9.59 Å². The third-order valence-electron chi connectivity index (χ3n) is 2.76. The molecule has 0 aliphatic carbocycles. The Morgan fingerprint density at radius 2 is 2.33 bits per heavy atom. The van der Waals surface area contributed by atoms with Crippen LogP contribution in [-0.4, -0.2) is 44.3 Å². The molecule has 0 spiro atoms. The molecule has 3 N–H and O–H groups in total. The second-order valence-corrected chi connectivity index (χ2v) is 5.10. The van der Waals surface area contributed by atoms with Gasteiger partial charge in [-0.1, -0.05) is 23.9 Å². The smallest absolute Gasteiger partial charge is 0.357 e. The number of thioether (sulfide) groups is 1. The van der Waals surface area contributed by atoms with Crippen LogP contribution in [0.2, 0.25) is 0 Å². The molecule has 106 valence electrons. The maximum absolute atomic E-state index is 11.1. The van der Waals surface area contributed by atoms with Crippen molar-refractivity contribution in [1.29, 1.82) is 0 Å². The maximum atomic E-state index is 11.1. The van der Waals surface area contributed by atoms with Crippen molar-refractivity contribution in [3.8, 4) is 0 Å². The first kappa shape index (κ1) is 13.3. The van der Waals surface area contributed by atoms with Crippen LogP contribution in [0.3, 0.4) is 0 Å². The lowest BCUT2D eigenvalue weighted by molar-refractivity contribution is -0.116. The van der Waals surface area contributed by atoms with Gasteiger partial charge in [-0.15, -0.1) is 5.10 Å². The summed E-state index contributed by atoms with van der Waals surface area (Å²) >= 11 is 1.26. The number of aromatic carboxylic acids is 1. The van der Waals surface area contributed by atoms with Crippen LogP contribution in [0.5, 0.6) is 0 Å². The van der Waals surface area contributed by atoms with E-state index in [1.807, 2.05) is 0 Å². The normalized spacial score (nSPS) is 17.0. The minimum atomic E-state index is -1.12. The van der Waals surface area contributed by atoms with Gasteiger partial charge in [0.1, 0.15) is 0 Å². The lowest BCUT2D eigenvalue weighted by Crippen LogP contribution is -2.19. The number of fused-ring (bicyclic) bond motifs is 1. The van der Waals surface area contributed by atoms with Gasteiger partial charge < -0.3 is 10.4 Å². The zero-order valence-electron chi connectivity index (χ0n) is 10.5.